The molecule has 0 aromatic carbocycles. The minimum absolute atomic E-state index is 0. The summed E-state index contributed by atoms with van der Waals surface area (Å²) in [7, 11) is 1.44. The maximum Gasteiger partial charge on any atom is 0.334 e. The van der Waals surface area contributed by atoms with E-state index in [1.807, 2.05) is 6.55 Å². The van der Waals surface area contributed by atoms with Crippen molar-refractivity contribution in [3.8, 4) is 0 Å². The van der Waals surface area contributed by atoms with Crippen molar-refractivity contribution in [2.75, 3.05) is 34.0 Å². The van der Waals surface area contributed by atoms with Crippen LogP contribution in [-0.4, -0.2) is 64.4 Å². The Hall–Kier alpha value is -0.0231. The molecule has 1 fully saturated rings. The van der Waals surface area contributed by atoms with E-state index >= 15 is 0 Å². The SMILES string of the molecule is CO[Si](C)(CCCO)OC.O.OCC1CO1. The number of ether oxygens (including phenoxy) is 1. The van der Waals surface area contributed by atoms with Crippen LogP contribution in [0.15, 0.2) is 0 Å². The van der Waals surface area contributed by atoms with E-state index in [0.29, 0.717) is 0 Å². The van der Waals surface area contributed by atoms with Crippen LogP contribution in [-0.2, 0) is 13.6 Å². The van der Waals surface area contributed by atoms with Crippen LogP contribution in [0.2, 0.25) is 12.6 Å². The van der Waals surface area contributed by atoms with Crippen LogP contribution in [0.5, 0.6) is 0 Å². The van der Waals surface area contributed by atoms with Gasteiger partial charge in [-0.1, -0.05) is 0 Å². The van der Waals surface area contributed by atoms with Crippen LogP contribution < -0.4 is 0 Å². The minimum Gasteiger partial charge on any atom is -0.412 e. The molecule has 4 N–H and O–H groups in total. The molecule has 1 aliphatic heterocycles. The van der Waals surface area contributed by atoms with E-state index in [9.17, 15) is 0 Å². The van der Waals surface area contributed by atoms with Crippen LogP contribution in [0, 0.1) is 0 Å². The van der Waals surface area contributed by atoms with Crippen LogP contribution in [0.4, 0.5) is 0 Å². The summed E-state index contributed by atoms with van der Waals surface area (Å²) in [6.45, 7) is 3.16. The molecule has 1 unspecified atom stereocenters. The van der Waals surface area contributed by atoms with Crippen LogP contribution >= 0.6 is 0 Å². The van der Waals surface area contributed by atoms with Crippen LogP contribution in [0.1, 0.15) is 6.42 Å². The monoisotopic (exact) mass is 256 g/mol. The van der Waals surface area contributed by atoms with E-state index in [4.69, 9.17) is 19.1 Å². The van der Waals surface area contributed by atoms with E-state index in [2.05, 4.69) is 4.74 Å². The third-order valence-corrected chi connectivity index (χ3v) is 5.25. The molecular weight excluding hydrogens is 232 g/mol. The van der Waals surface area contributed by atoms with Gasteiger partial charge in [0, 0.05) is 20.8 Å². The summed E-state index contributed by atoms with van der Waals surface area (Å²) in [6, 6.07) is 0.858. The van der Waals surface area contributed by atoms with Gasteiger partial charge in [0.25, 0.3) is 0 Å². The van der Waals surface area contributed by atoms with Gasteiger partial charge < -0.3 is 29.3 Å². The van der Waals surface area contributed by atoms with Crippen molar-refractivity contribution in [2.45, 2.75) is 25.1 Å². The quantitative estimate of drug-likeness (QED) is 0.482. The Bertz CT molecular complexity index is 149. The van der Waals surface area contributed by atoms with E-state index in [-0.39, 0.29) is 24.8 Å². The largest absolute Gasteiger partial charge is 0.412 e. The maximum atomic E-state index is 8.53. The smallest absolute Gasteiger partial charge is 0.334 e. The molecule has 1 saturated heterocycles. The van der Waals surface area contributed by atoms with Gasteiger partial charge in [0.1, 0.15) is 6.10 Å². The second-order valence-corrected chi connectivity index (χ2v) is 7.09. The van der Waals surface area contributed by atoms with Gasteiger partial charge in [0.2, 0.25) is 0 Å². The molecule has 0 amide bonds. The molecule has 0 radical (unpaired) electrons. The van der Waals surface area contributed by atoms with Gasteiger partial charge in [-0.2, -0.15) is 0 Å². The van der Waals surface area contributed by atoms with Gasteiger partial charge in [0.15, 0.2) is 0 Å². The number of hydrogen-bond donors (Lipinski definition) is 2. The first-order valence-corrected chi connectivity index (χ1v) is 7.58. The topological polar surface area (TPSA) is 103 Å². The summed E-state index contributed by atoms with van der Waals surface area (Å²) < 4.78 is 15.0. The predicted molar refractivity (Wildman–Crippen MR) is 62.6 cm³/mol. The average molecular weight is 256 g/mol. The van der Waals surface area contributed by atoms with Gasteiger partial charge >= 0.3 is 8.56 Å². The molecule has 100 valence electrons. The zero-order valence-electron chi connectivity index (χ0n) is 10.2. The fourth-order valence-corrected chi connectivity index (χ4v) is 2.24. The first-order valence-electron chi connectivity index (χ1n) is 5.05. The van der Waals surface area contributed by atoms with Gasteiger partial charge in [-0.15, -0.1) is 0 Å². The molecule has 16 heavy (non-hydrogen) atoms. The normalized spacial score (nSPS) is 18.2. The Morgan fingerprint density at radius 3 is 2.00 bits per heavy atom. The van der Waals surface area contributed by atoms with Crippen molar-refractivity contribution < 1.29 is 29.3 Å². The highest BCUT2D eigenvalue weighted by atomic mass is 28.4. The lowest BCUT2D eigenvalue weighted by Crippen LogP contribution is -2.35. The Labute approximate surface area is 97.7 Å². The number of rotatable bonds is 6. The summed E-state index contributed by atoms with van der Waals surface area (Å²) in [6.07, 6.45) is 0.958. The van der Waals surface area contributed by atoms with Crippen molar-refractivity contribution >= 4 is 8.56 Å². The molecule has 1 aliphatic rings. The van der Waals surface area contributed by atoms with Gasteiger partial charge in [0.05, 0.1) is 13.2 Å². The van der Waals surface area contributed by atoms with Crippen molar-refractivity contribution in [1.82, 2.24) is 0 Å². The molecule has 7 heteroatoms. The Balaban J connectivity index is 0. The van der Waals surface area contributed by atoms with E-state index in [1.165, 1.54) is 0 Å². The molecule has 0 aromatic heterocycles. The second-order valence-electron chi connectivity index (χ2n) is 3.51. The standard InChI is InChI=1S/C6H16O3Si.C3H6O2.H2O/c1-8-10(3,9-2)6-4-5-7;4-1-3-2-5-3;/h7H,4-6H2,1-3H3;3-4H,1-2H2;1H2. The van der Waals surface area contributed by atoms with Crippen LogP contribution in [0.25, 0.3) is 0 Å². The van der Waals surface area contributed by atoms with Crippen LogP contribution in [0.3, 0.4) is 0 Å². The maximum absolute atomic E-state index is 8.53. The fourth-order valence-electron chi connectivity index (χ4n) is 0.861. The number of epoxide rings is 1. The van der Waals surface area contributed by atoms with Gasteiger partial charge in [-0.05, 0) is 19.0 Å². The molecule has 0 aliphatic carbocycles. The molecule has 0 spiro atoms. The molecule has 1 heterocycles. The van der Waals surface area contributed by atoms with Crippen molar-refractivity contribution in [3.05, 3.63) is 0 Å². The van der Waals surface area contributed by atoms with E-state index < -0.39 is 8.56 Å². The molecule has 1 rings (SSSR count). The van der Waals surface area contributed by atoms with E-state index in [0.717, 1.165) is 19.1 Å². The predicted octanol–water partition coefficient (Wildman–Crippen LogP) is -0.714. The third kappa shape index (κ3) is 9.22. The second kappa shape index (κ2) is 10.2. The molecule has 0 bridgehead atoms. The van der Waals surface area contributed by atoms with Crippen molar-refractivity contribution in [2.24, 2.45) is 0 Å². The summed E-state index contributed by atoms with van der Waals surface area (Å²) in [5.74, 6) is 0. The number of aliphatic hydroxyl groups excluding tert-OH is 2. The average Bonchev–Trinajstić information content (AvgIpc) is 3.10. The fraction of sp³-hybridized carbons (Fsp3) is 1.00. The van der Waals surface area contributed by atoms with E-state index in [1.54, 1.807) is 14.2 Å². The first kappa shape index (κ1) is 18.3. The Morgan fingerprint density at radius 1 is 1.31 bits per heavy atom. The summed E-state index contributed by atoms with van der Waals surface area (Å²) >= 11 is 0. The highest BCUT2D eigenvalue weighted by molar-refractivity contribution is 6.65. The third-order valence-electron chi connectivity index (χ3n) is 2.26. The molecule has 1 atom stereocenters. The Kier molecular flexibility index (Phi) is 11.6. The lowest BCUT2D eigenvalue weighted by molar-refractivity contribution is 0.238. The molecule has 0 aromatic rings. The molecular formula is C9H24O6Si. The number of hydrogen-bond acceptors (Lipinski definition) is 5. The van der Waals surface area contributed by atoms with Gasteiger partial charge in [-0.3, -0.25) is 0 Å². The summed E-state index contributed by atoms with van der Waals surface area (Å²) in [4.78, 5) is 0. The lowest BCUT2D eigenvalue weighted by Gasteiger charge is -2.21. The Morgan fingerprint density at radius 2 is 1.81 bits per heavy atom. The first-order chi connectivity index (χ1) is 7.11. The lowest BCUT2D eigenvalue weighted by atomic mass is 10.5. The zero-order valence-corrected chi connectivity index (χ0v) is 11.2. The van der Waals surface area contributed by atoms with Gasteiger partial charge in [-0.25, -0.2) is 0 Å². The summed E-state index contributed by atoms with van der Waals surface area (Å²) in [5.41, 5.74) is 0. The minimum atomic E-state index is -1.88. The molecule has 6 nitrogen and oxygen atoms in total. The number of aliphatic hydroxyl groups is 2. The highest BCUT2D eigenvalue weighted by Gasteiger charge is 2.27. The van der Waals surface area contributed by atoms with Crippen molar-refractivity contribution in [3.63, 3.8) is 0 Å². The zero-order chi connectivity index (χ0) is 11.7. The highest BCUT2D eigenvalue weighted by Crippen LogP contribution is 2.12. The van der Waals surface area contributed by atoms with Crippen molar-refractivity contribution in [1.29, 1.82) is 0 Å². The molecule has 0 saturated carbocycles. The summed E-state index contributed by atoms with van der Waals surface area (Å²) in [5, 5.41) is 16.6.